The molecule has 1 aliphatic carbocycles. The Labute approximate surface area is 104 Å². The first-order valence-corrected chi connectivity index (χ1v) is 6.49. The van der Waals surface area contributed by atoms with Crippen LogP contribution in [-0.4, -0.2) is 28.9 Å². The summed E-state index contributed by atoms with van der Waals surface area (Å²) in [5.41, 5.74) is 2.48. The van der Waals surface area contributed by atoms with E-state index in [1.807, 2.05) is 11.7 Å². The van der Waals surface area contributed by atoms with Crippen LogP contribution in [0.15, 0.2) is 0 Å². The Balaban J connectivity index is 2.22. The summed E-state index contributed by atoms with van der Waals surface area (Å²) >= 11 is 0. The highest BCUT2D eigenvalue weighted by Gasteiger charge is 2.30. The van der Waals surface area contributed by atoms with E-state index in [1.165, 1.54) is 24.2 Å². The molecule has 1 saturated carbocycles. The van der Waals surface area contributed by atoms with Crippen molar-refractivity contribution in [3.63, 3.8) is 0 Å². The van der Waals surface area contributed by atoms with Crippen LogP contribution in [0.3, 0.4) is 0 Å². The summed E-state index contributed by atoms with van der Waals surface area (Å²) in [4.78, 5) is 2.39. The Morgan fingerprint density at radius 3 is 2.65 bits per heavy atom. The SMILES string of the molecule is Cc1nn(C)c(N(C)C2CC2)c1CNC(C)C. The van der Waals surface area contributed by atoms with Crippen LogP contribution < -0.4 is 10.2 Å². The lowest BCUT2D eigenvalue weighted by Gasteiger charge is -2.21. The summed E-state index contributed by atoms with van der Waals surface area (Å²) < 4.78 is 2.02. The standard InChI is InChI=1S/C13H24N4/c1-9(2)14-8-12-10(3)15-17(5)13(12)16(4)11-6-7-11/h9,11,14H,6-8H2,1-5H3. The van der Waals surface area contributed by atoms with E-state index in [-0.39, 0.29) is 0 Å². The molecule has 1 aromatic heterocycles. The van der Waals surface area contributed by atoms with Crippen LogP contribution in [-0.2, 0) is 13.6 Å². The van der Waals surface area contributed by atoms with Crippen molar-refractivity contribution in [2.24, 2.45) is 7.05 Å². The first-order valence-electron chi connectivity index (χ1n) is 6.49. The molecule has 2 rings (SSSR count). The molecule has 0 bridgehead atoms. The first-order chi connectivity index (χ1) is 8.00. The number of hydrogen-bond acceptors (Lipinski definition) is 3. The molecule has 0 saturated heterocycles. The minimum atomic E-state index is 0.508. The molecule has 4 nitrogen and oxygen atoms in total. The maximum atomic E-state index is 4.56. The number of rotatable bonds is 5. The first kappa shape index (κ1) is 12.4. The highest BCUT2D eigenvalue weighted by Crippen LogP contribution is 2.32. The van der Waals surface area contributed by atoms with Crippen molar-refractivity contribution in [1.82, 2.24) is 15.1 Å². The van der Waals surface area contributed by atoms with Gasteiger partial charge < -0.3 is 10.2 Å². The fraction of sp³-hybridized carbons (Fsp3) is 0.769. The van der Waals surface area contributed by atoms with E-state index in [1.54, 1.807) is 0 Å². The average Bonchev–Trinajstić information content (AvgIpc) is 3.02. The molecule has 1 aliphatic rings. The van der Waals surface area contributed by atoms with Crippen LogP contribution in [0.2, 0.25) is 0 Å². The average molecular weight is 236 g/mol. The maximum absolute atomic E-state index is 4.56. The molecule has 1 N–H and O–H groups in total. The molecule has 4 heteroatoms. The van der Waals surface area contributed by atoms with Crippen molar-refractivity contribution in [3.8, 4) is 0 Å². The molecule has 0 amide bonds. The van der Waals surface area contributed by atoms with Gasteiger partial charge in [-0.2, -0.15) is 5.10 Å². The second-order valence-electron chi connectivity index (χ2n) is 5.39. The third kappa shape index (κ3) is 2.63. The van der Waals surface area contributed by atoms with Gasteiger partial charge >= 0.3 is 0 Å². The fourth-order valence-electron chi connectivity index (χ4n) is 2.28. The van der Waals surface area contributed by atoms with E-state index in [4.69, 9.17) is 0 Å². The van der Waals surface area contributed by atoms with Gasteiger partial charge in [0.2, 0.25) is 0 Å². The van der Waals surface area contributed by atoms with E-state index < -0.39 is 0 Å². The van der Waals surface area contributed by atoms with Crippen LogP contribution in [0.4, 0.5) is 5.82 Å². The topological polar surface area (TPSA) is 33.1 Å². The van der Waals surface area contributed by atoms with E-state index in [2.05, 4.69) is 43.1 Å². The second-order valence-corrected chi connectivity index (χ2v) is 5.39. The van der Waals surface area contributed by atoms with Crippen molar-refractivity contribution < 1.29 is 0 Å². The van der Waals surface area contributed by atoms with E-state index in [0.29, 0.717) is 6.04 Å². The quantitative estimate of drug-likeness (QED) is 0.846. The molecular formula is C13H24N4. The van der Waals surface area contributed by atoms with Gasteiger partial charge in [0.25, 0.3) is 0 Å². The number of hydrogen-bond donors (Lipinski definition) is 1. The lowest BCUT2D eigenvalue weighted by atomic mass is 10.2. The Morgan fingerprint density at radius 2 is 2.12 bits per heavy atom. The Bertz CT molecular complexity index is 390. The summed E-state index contributed by atoms with van der Waals surface area (Å²) in [6.07, 6.45) is 2.63. The smallest absolute Gasteiger partial charge is 0.131 e. The van der Waals surface area contributed by atoms with Gasteiger partial charge in [0.05, 0.1) is 5.69 Å². The fourth-order valence-corrected chi connectivity index (χ4v) is 2.28. The molecule has 0 aliphatic heterocycles. The van der Waals surface area contributed by atoms with Gasteiger partial charge in [-0.05, 0) is 19.8 Å². The van der Waals surface area contributed by atoms with Crippen molar-refractivity contribution >= 4 is 5.82 Å². The van der Waals surface area contributed by atoms with Crippen LogP contribution in [0.25, 0.3) is 0 Å². The molecule has 1 heterocycles. The summed E-state index contributed by atoms with van der Waals surface area (Å²) in [6.45, 7) is 7.36. The van der Waals surface area contributed by atoms with Crippen molar-refractivity contribution in [1.29, 1.82) is 0 Å². The number of anilines is 1. The zero-order valence-electron chi connectivity index (χ0n) is 11.6. The maximum Gasteiger partial charge on any atom is 0.131 e. The molecule has 96 valence electrons. The van der Waals surface area contributed by atoms with Crippen LogP contribution >= 0.6 is 0 Å². The minimum absolute atomic E-state index is 0.508. The Morgan fingerprint density at radius 1 is 1.47 bits per heavy atom. The van der Waals surface area contributed by atoms with Crippen molar-refractivity contribution in [3.05, 3.63) is 11.3 Å². The molecule has 0 atom stereocenters. The predicted molar refractivity (Wildman–Crippen MR) is 71.3 cm³/mol. The summed E-state index contributed by atoms with van der Waals surface area (Å²) in [5, 5.41) is 8.05. The van der Waals surface area contributed by atoms with Gasteiger partial charge in [0, 0.05) is 38.3 Å². The van der Waals surface area contributed by atoms with E-state index in [0.717, 1.165) is 18.3 Å². The normalized spacial score (nSPS) is 15.6. The lowest BCUT2D eigenvalue weighted by molar-refractivity contribution is 0.586. The van der Waals surface area contributed by atoms with Gasteiger partial charge in [0.1, 0.15) is 5.82 Å². The molecular weight excluding hydrogens is 212 g/mol. The second kappa shape index (κ2) is 4.69. The van der Waals surface area contributed by atoms with E-state index in [9.17, 15) is 0 Å². The third-order valence-electron chi connectivity index (χ3n) is 3.43. The van der Waals surface area contributed by atoms with Crippen LogP contribution in [0.1, 0.15) is 37.9 Å². The van der Waals surface area contributed by atoms with Gasteiger partial charge in [-0.1, -0.05) is 13.8 Å². The van der Waals surface area contributed by atoms with Crippen LogP contribution in [0, 0.1) is 6.92 Å². The van der Waals surface area contributed by atoms with Gasteiger partial charge in [0.15, 0.2) is 0 Å². The lowest BCUT2D eigenvalue weighted by Crippen LogP contribution is -2.26. The number of nitrogens with one attached hydrogen (secondary N) is 1. The van der Waals surface area contributed by atoms with Crippen molar-refractivity contribution in [2.75, 3.05) is 11.9 Å². The molecule has 1 aromatic rings. The number of nitrogens with zero attached hydrogens (tertiary/aromatic N) is 3. The number of aromatic nitrogens is 2. The predicted octanol–water partition coefficient (Wildman–Crippen LogP) is 1.83. The Hall–Kier alpha value is -1.03. The third-order valence-corrected chi connectivity index (χ3v) is 3.43. The zero-order valence-corrected chi connectivity index (χ0v) is 11.6. The summed E-state index contributed by atoms with van der Waals surface area (Å²) in [7, 11) is 4.23. The van der Waals surface area contributed by atoms with Gasteiger partial charge in [-0.3, -0.25) is 4.68 Å². The minimum Gasteiger partial charge on any atom is -0.357 e. The molecule has 1 fully saturated rings. The van der Waals surface area contributed by atoms with E-state index >= 15 is 0 Å². The van der Waals surface area contributed by atoms with Gasteiger partial charge in [-0.15, -0.1) is 0 Å². The summed E-state index contributed by atoms with van der Waals surface area (Å²) in [5.74, 6) is 1.28. The van der Waals surface area contributed by atoms with Crippen LogP contribution in [0.5, 0.6) is 0 Å². The molecule has 0 spiro atoms. The Kier molecular flexibility index (Phi) is 3.43. The number of aryl methyl sites for hydroxylation is 2. The molecule has 0 unspecified atom stereocenters. The largest absolute Gasteiger partial charge is 0.357 e. The zero-order chi connectivity index (χ0) is 12.6. The van der Waals surface area contributed by atoms with Crippen molar-refractivity contribution in [2.45, 2.75) is 52.2 Å². The molecule has 0 aromatic carbocycles. The molecule has 17 heavy (non-hydrogen) atoms. The monoisotopic (exact) mass is 236 g/mol. The highest BCUT2D eigenvalue weighted by molar-refractivity contribution is 5.51. The molecule has 0 radical (unpaired) electrons. The summed E-state index contributed by atoms with van der Waals surface area (Å²) in [6, 6.07) is 1.23. The van der Waals surface area contributed by atoms with Gasteiger partial charge in [-0.25, -0.2) is 0 Å². The highest BCUT2D eigenvalue weighted by atomic mass is 15.4.